The van der Waals surface area contributed by atoms with Gasteiger partial charge in [-0.15, -0.1) is 0 Å². The standard InChI is InChI=1S/C14H19ClN2O3/c15-12-8-11(20-16-12)2-3-13(18)17-6-1-4-14(9-17)5-7-19-10-14/h8H,1-7,9-10H2/t14-/m1/s1. The quantitative estimate of drug-likeness (QED) is 0.859. The van der Waals surface area contributed by atoms with Crippen molar-refractivity contribution in [3.63, 3.8) is 0 Å². The van der Waals surface area contributed by atoms with Crippen molar-refractivity contribution in [3.05, 3.63) is 17.0 Å². The van der Waals surface area contributed by atoms with E-state index in [0.29, 0.717) is 23.8 Å². The molecule has 2 fully saturated rings. The number of aromatic nitrogens is 1. The number of rotatable bonds is 3. The number of carbonyl (C=O) groups is 1. The van der Waals surface area contributed by atoms with Crippen LogP contribution in [-0.2, 0) is 16.0 Å². The summed E-state index contributed by atoms with van der Waals surface area (Å²) in [5.41, 5.74) is 0.212. The fourth-order valence-electron chi connectivity index (χ4n) is 3.19. The Morgan fingerprint density at radius 2 is 2.40 bits per heavy atom. The highest BCUT2D eigenvalue weighted by Crippen LogP contribution is 2.37. The Morgan fingerprint density at radius 3 is 3.10 bits per heavy atom. The summed E-state index contributed by atoms with van der Waals surface area (Å²) < 4.78 is 10.5. The van der Waals surface area contributed by atoms with Crippen molar-refractivity contribution in [2.45, 2.75) is 32.1 Å². The predicted octanol–water partition coefficient (Wildman–Crippen LogP) is 2.29. The molecule has 2 saturated heterocycles. The Kier molecular flexibility index (Phi) is 3.98. The molecule has 110 valence electrons. The van der Waals surface area contributed by atoms with Crippen LogP contribution < -0.4 is 0 Å². The van der Waals surface area contributed by atoms with Gasteiger partial charge in [-0.1, -0.05) is 16.8 Å². The number of likely N-dealkylation sites (tertiary alicyclic amines) is 1. The summed E-state index contributed by atoms with van der Waals surface area (Å²) in [5, 5.41) is 3.95. The molecule has 5 nitrogen and oxygen atoms in total. The third-order valence-corrected chi connectivity index (χ3v) is 4.49. The fraction of sp³-hybridized carbons (Fsp3) is 0.714. The molecule has 0 saturated carbocycles. The largest absolute Gasteiger partial charge is 0.381 e. The van der Waals surface area contributed by atoms with Gasteiger partial charge in [0.2, 0.25) is 5.91 Å². The van der Waals surface area contributed by atoms with Gasteiger partial charge in [0.05, 0.1) is 6.61 Å². The summed E-state index contributed by atoms with van der Waals surface area (Å²) in [6, 6.07) is 1.66. The van der Waals surface area contributed by atoms with Crippen LogP contribution in [0.4, 0.5) is 0 Å². The first-order chi connectivity index (χ1) is 9.67. The number of hydrogen-bond acceptors (Lipinski definition) is 4. The zero-order chi connectivity index (χ0) is 14.0. The zero-order valence-corrected chi connectivity index (χ0v) is 12.2. The van der Waals surface area contributed by atoms with Gasteiger partial charge >= 0.3 is 0 Å². The zero-order valence-electron chi connectivity index (χ0n) is 11.4. The van der Waals surface area contributed by atoms with E-state index in [4.69, 9.17) is 20.9 Å². The van der Waals surface area contributed by atoms with E-state index in [1.807, 2.05) is 4.90 Å². The number of amides is 1. The van der Waals surface area contributed by atoms with E-state index in [9.17, 15) is 4.79 Å². The van der Waals surface area contributed by atoms with Gasteiger partial charge in [0.15, 0.2) is 5.15 Å². The highest BCUT2D eigenvalue weighted by molar-refractivity contribution is 6.29. The van der Waals surface area contributed by atoms with E-state index >= 15 is 0 Å². The van der Waals surface area contributed by atoms with Crippen molar-refractivity contribution in [2.75, 3.05) is 26.3 Å². The van der Waals surface area contributed by atoms with Gasteiger partial charge in [0.25, 0.3) is 0 Å². The molecule has 0 N–H and O–H groups in total. The summed E-state index contributed by atoms with van der Waals surface area (Å²) in [5.74, 6) is 0.850. The number of halogens is 1. The molecular formula is C14H19ClN2O3. The molecule has 1 amide bonds. The molecule has 1 aromatic heterocycles. The van der Waals surface area contributed by atoms with Crippen molar-refractivity contribution >= 4 is 17.5 Å². The van der Waals surface area contributed by atoms with E-state index in [1.165, 1.54) is 6.42 Å². The average Bonchev–Trinajstić information content (AvgIpc) is 3.06. The van der Waals surface area contributed by atoms with Gasteiger partial charge in [0.1, 0.15) is 5.76 Å². The molecule has 20 heavy (non-hydrogen) atoms. The molecule has 6 heteroatoms. The minimum Gasteiger partial charge on any atom is -0.381 e. The first kappa shape index (κ1) is 13.9. The van der Waals surface area contributed by atoms with Crippen LogP contribution in [0.5, 0.6) is 0 Å². The predicted molar refractivity (Wildman–Crippen MR) is 73.5 cm³/mol. The summed E-state index contributed by atoms with van der Waals surface area (Å²) >= 11 is 5.69. The Hall–Kier alpha value is -1.07. The van der Waals surface area contributed by atoms with Crippen molar-refractivity contribution in [2.24, 2.45) is 5.41 Å². The third kappa shape index (κ3) is 2.99. The molecule has 2 aliphatic heterocycles. The number of carbonyl (C=O) groups excluding carboxylic acids is 1. The topological polar surface area (TPSA) is 55.6 Å². The molecule has 0 aliphatic carbocycles. The van der Waals surface area contributed by atoms with Gasteiger partial charge < -0.3 is 14.2 Å². The SMILES string of the molecule is O=C(CCc1cc(Cl)no1)N1CCC[C@@]2(CCOC2)C1. The maximum atomic E-state index is 12.3. The van der Waals surface area contributed by atoms with Crippen molar-refractivity contribution < 1.29 is 14.1 Å². The van der Waals surface area contributed by atoms with Crippen LogP contribution in [0.25, 0.3) is 0 Å². The molecule has 1 atom stereocenters. The lowest BCUT2D eigenvalue weighted by molar-refractivity contribution is -0.134. The van der Waals surface area contributed by atoms with Gasteiger partial charge in [-0.05, 0) is 19.3 Å². The van der Waals surface area contributed by atoms with E-state index in [2.05, 4.69) is 5.16 Å². The second-order valence-electron chi connectivity index (χ2n) is 5.84. The van der Waals surface area contributed by atoms with Gasteiger partial charge in [-0.3, -0.25) is 4.79 Å². The highest BCUT2D eigenvalue weighted by atomic mass is 35.5. The molecule has 1 spiro atoms. The van der Waals surface area contributed by atoms with Crippen LogP contribution in [0, 0.1) is 5.41 Å². The maximum absolute atomic E-state index is 12.3. The number of ether oxygens (including phenoxy) is 1. The number of aryl methyl sites for hydroxylation is 1. The fourth-order valence-corrected chi connectivity index (χ4v) is 3.34. The molecule has 1 aromatic rings. The summed E-state index contributed by atoms with van der Waals surface area (Å²) in [4.78, 5) is 14.3. The highest BCUT2D eigenvalue weighted by Gasteiger charge is 2.40. The van der Waals surface area contributed by atoms with Crippen LogP contribution in [0.15, 0.2) is 10.6 Å². The van der Waals surface area contributed by atoms with Crippen LogP contribution in [0.1, 0.15) is 31.4 Å². The number of nitrogens with zero attached hydrogens (tertiary/aromatic N) is 2. The summed E-state index contributed by atoms with van der Waals surface area (Å²) in [6.45, 7) is 3.33. The first-order valence-corrected chi connectivity index (χ1v) is 7.51. The second kappa shape index (κ2) is 5.74. The van der Waals surface area contributed by atoms with Crippen LogP contribution in [0.2, 0.25) is 5.15 Å². The maximum Gasteiger partial charge on any atom is 0.223 e. The van der Waals surface area contributed by atoms with Crippen LogP contribution >= 0.6 is 11.6 Å². The van der Waals surface area contributed by atoms with Crippen LogP contribution in [0.3, 0.4) is 0 Å². The van der Waals surface area contributed by atoms with Crippen molar-refractivity contribution in [1.29, 1.82) is 0 Å². The molecule has 3 rings (SSSR count). The van der Waals surface area contributed by atoms with Crippen molar-refractivity contribution in [3.8, 4) is 0 Å². The molecular weight excluding hydrogens is 280 g/mol. The Balaban J connectivity index is 1.54. The molecule has 0 unspecified atom stereocenters. The van der Waals surface area contributed by atoms with Crippen LogP contribution in [-0.4, -0.2) is 42.3 Å². The monoisotopic (exact) mass is 298 g/mol. The molecule has 2 aliphatic rings. The number of piperidine rings is 1. The Bertz CT molecular complexity index is 483. The third-order valence-electron chi connectivity index (χ3n) is 4.31. The van der Waals surface area contributed by atoms with Gasteiger partial charge in [-0.25, -0.2) is 0 Å². The van der Waals surface area contributed by atoms with Gasteiger partial charge in [-0.2, -0.15) is 0 Å². The van der Waals surface area contributed by atoms with E-state index in [0.717, 1.165) is 39.1 Å². The summed E-state index contributed by atoms with van der Waals surface area (Å²) in [7, 11) is 0. The lowest BCUT2D eigenvalue weighted by Crippen LogP contribution is -2.46. The minimum absolute atomic E-state index is 0.184. The van der Waals surface area contributed by atoms with E-state index < -0.39 is 0 Å². The minimum atomic E-state index is 0.184. The smallest absolute Gasteiger partial charge is 0.223 e. The lowest BCUT2D eigenvalue weighted by atomic mass is 9.79. The molecule has 0 radical (unpaired) electrons. The molecule has 0 aromatic carbocycles. The van der Waals surface area contributed by atoms with Gasteiger partial charge in [0, 0.05) is 44.0 Å². The number of hydrogen-bond donors (Lipinski definition) is 0. The Morgan fingerprint density at radius 1 is 1.50 bits per heavy atom. The molecule has 0 bridgehead atoms. The first-order valence-electron chi connectivity index (χ1n) is 7.14. The Labute approximate surface area is 123 Å². The van der Waals surface area contributed by atoms with E-state index in [-0.39, 0.29) is 11.3 Å². The van der Waals surface area contributed by atoms with E-state index in [1.54, 1.807) is 6.07 Å². The normalized spacial score (nSPS) is 26.4. The second-order valence-corrected chi connectivity index (χ2v) is 6.22. The van der Waals surface area contributed by atoms with Crippen molar-refractivity contribution in [1.82, 2.24) is 10.1 Å². The lowest BCUT2D eigenvalue weighted by Gasteiger charge is -2.39. The average molecular weight is 299 g/mol. The molecule has 3 heterocycles. The summed E-state index contributed by atoms with van der Waals surface area (Å²) in [6.07, 6.45) is 4.33.